The summed E-state index contributed by atoms with van der Waals surface area (Å²) < 4.78 is 0. The number of aliphatic hydroxyl groups excluding tert-OH is 10. The van der Waals surface area contributed by atoms with Crippen molar-refractivity contribution in [2.75, 3.05) is 26.3 Å². The minimum Gasteiger partial charge on any atom is -0.550 e. The van der Waals surface area contributed by atoms with Crippen LogP contribution >= 0.6 is 0 Å². The normalized spacial score (nSPS) is 24.8. The number of carbonyl (C=O) groups excluding carboxylic acids is 4. The van der Waals surface area contributed by atoms with Crippen LogP contribution in [0.1, 0.15) is 40.5 Å². The van der Waals surface area contributed by atoms with Gasteiger partial charge in [0.15, 0.2) is 0 Å². The molecule has 248 valence electrons. The van der Waals surface area contributed by atoms with Gasteiger partial charge in [-0.1, -0.05) is 27.7 Å². The van der Waals surface area contributed by atoms with Crippen LogP contribution in [0, 0.1) is 10.8 Å². The Morgan fingerprint density at radius 3 is 0.977 bits per heavy atom. The zero-order valence-electron chi connectivity index (χ0n) is 24.5. The van der Waals surface area contributed by atoms with E-state index in [1.54, 1.807) is 0 Å². The first-order chi connectivity index (χ1) is 19.1. The summed E-state index contributed by atoms with van der Waals surface area (Å²) in [6, 6.07) is 0. The fourth-order valence-corrected chi connectivity index (χ4v) is 2.86. The first kappa shape index (κ1) is 46.2. The number of hydrogen-bond acceptors (Lipinski definition) is 16. The fraction of sp³-hybridized carbons (Fsp3) is 0.833. The zero-order chi connectivity index (χ0) is 33.6. The van der Waals surface area contributed by atoms with Gasteiger partial charge in [-0.25, -0.2) is 0 Å². The van der Waals surface area contributed by atoms with Gasteiger partial charge < -0.3 is 81.5 Å². The summed E-state index contributed by atoms with van der Waals surface area (Å²) in [5, 5.41) is 115. The van der Waals surface area contributed by atoms with E-state index in [2.05, 4.69) is 10.6 Å². The molecule has 0 bridgehead atoms. The van der Waals surface area contributed by atoms with Crippen molar-refractivity contribution < 1.29 is 80.5 Å². The Balaban J connectivity index is -0.000000555. The second-order valence-corrected chi connectivity index (χ2v) is 10.9. The number of hydrogen-bond donors (Lipinski definition) is 12. The molecule has 0 saturated heterocycles. The topological polar surface area (TPSA) is 341 Å². The van der Waals surface area contributed by atoms with E-state index in [-0.39, 0.29) is 76.9 Å². The Bertz CT molecular complexity index is 753. The van der Waals surface area contributed by atoms with Crippen LogP contribution in [0.5, 0.6) is 0 Å². The monoisotopic (exact) mass is 656 g/mol. The van der Waals surface area contributed by atoms with E-state index in [0.717, 1.165) is 0 Å². The van der Waals surface area contributed by atoms with Gasteiger partial charge in [0.25, 0.3) is 0 Å². The Morgan fingerprint density at radius 1 is 0.605 bits per heavy atom. The molecule has 0 heterocycles. The summed E-state index contributed by atoms with van der Waals surface area (Å²) in [5.41, 5.74) is -1.91. The molecular formula is C24H44CaN2O16. The van der Waals surface area contributed by atoms with Crippen LogP contribution in [0.2, 0.25) is 0 Å². The predicted octanol–water partition coefficient (Wildman–Crippen LogP) is -8.97. The Hall–Kier alpha value is -1.26. The molecule has 1 aliphatic carbocycles. The number of carboxylic acids is 2. The molecule has 0 aromatic rings. The molecule has 0 aromatic carbocycles. The molecule has 1 saturated carbocycles. The quantitative estimate of drug-likeness (QED) is 0.0867. The summed E-state index contributed by atoms with van der Waals surface area (Å²) in [7, 11) is 0. The zero-order valence-corrected chi connectivity index (χ0v) is 26.7. The summed E-state index contributed by atoms with van der Waals surface area (Å²) in [6.45, 7) is 5.21. The van der Waals surface area contributed by atoms with E-state index >= 15 is 0 Å². The average Bonchev–Trinajstić information content (AvgIpc) is 2.93. The largest absolute Gasteiger partial charge is 2.00 e. The maximum Gasteiger partial charge on any atom is 2.00 e. The maximum absolute atomic E-state index is 11.2. The number of carboxylic acid groups (broad SMARTS) is 2. The van der Waals surface area contributed by atoms with Crippen molar-refractivity contribution in [3.8, 4) is 0 Å². The molecular weight excluding hydrogens is 612 g/mol. The molecule has 1 fully saturated rings. The van der Waals surface area contributed by atoms with Crippen molar-refractivity contribution in [1.82, 2.24) is 10.6 Å². The van der Waals surface area contributed by atoms with E-state index in [4.69, 9.17) is 40.9 Å². The van der Waals surface area contributed by atoms with Gasteiger partial charge in [-0.15, -0.1) is 0 Å². The molecule has 0 aromatic heterocycles. The number of carbonyl (C=O) groups is 4. The third-order valence-electron chi connectivity index (χ3n) is 6.15. The van der Waals surface area contributed by atoms with Gasteiger partial charge >= 0.3 is 37.7 Å². The Labute approximate surface area is 278 Å². The molecule has 2 atom stereocenters. The number of nitrogens with one attached hydrogen (secondary N) is 2. The van der Waals surface area contributed by atoms with Gasteiger partial charge in [0.05, 0.1) is 13.2 Å². The standard InChI is InChI=1S/2C9H17NO5.C6H12O6.Ca/c2*1-9(2,5-11)7(14)8(15)10-4-3-6(12)13;7-1-2(8)4(10)6(12)5(11)3(1)9;/h2*7,11,14H,3-5H2,1-2H3,(H,10,15)(H,12,13);1-12H;/q;;;+2/p-2. The molecule has 0 spiro atoms. The van der Waals surface area contributed by atoms with Crippen molar-refractivity contribution in [3.63, 3.8) is 0 Å². The van der Waals surface area contributed by atoms with Crippen molar-refractivity contribution in [2.45, 2.75) is 89.4 Å². The molecule has 43 heavy (non-hydrogen) atoms. The van der Waals surface area contributed by atoms with Crippen LogP contribution in [0.4, 0.5) is 0 Å². The number of aliphatic carboxylic acids is 2. The molecule has 2 amide bonds. The van der Waals surface area contributed by atoms with Gasteiger partial charge in [0.2, 0.25) is 11.8 Å². The minimum atomic E-state index is -1.64. The number of rotatable bonds is 12. The van der Waals surface area contributed by atoms with Gasteiger partial charge in [-0.2, -0.15) is 0 Å². The van der Waals surface area contributed by atoms with Gasteiger partial charge in [0, 0.05) is 48.7 Å². The first-order valence-corrected chi connectivity index (χ1v) is 12.7. The SMILES string of the molecule is CC(C)(CO)C(O)C(=O)NCCC(=O)[O-].CC(C)(CO)C(O)C(=O)NCCC(=O)[O-].OC1C(O)C(O)C(O)C(O)C1O.[Ca+2]. The number of amides is 2. The Kier molecular flexibility index (Phi) is 23.0. The van der Waals surface area contributed by atoms with E-state index in [9.17, 15) is 39.6 Å². The van der Waals surface area contributed by atoms with Gasteiger partial charge in [0.1, 0.15) is 48.8 Å². The van der Waals surface area contributed by atoms with Gasteiger partial charge in [-0.05, 0) is 0 Å². The van der Waals surface area contributed by atoms with Crippen LogP contribution in [-0.4, -0.2) is 188 Å². The van der Waals surface area contributed by atoms with E-state index in [1.165, 1.54) is 27.7 Å². The summed E-state index contributed by atoms with van der Waals surface area (Å²) in [6.07, 6.45) is -13.2. The van der Waals surface area contributed by atoms with E-state index in [0.29, 0.717) is 0 Å². The first-order valence-electron chi connectivity index (χ1n) is 12.7. The smallest absolute Gasteiger partial charge is 0.550 e. The van der Waals surface area contributed by atoms with Crippen LogP contribution in [0.3, 0.4) is 0 Å². The predicted molar refractivity (Wildman–Crippen MR) is 141 cm³/mol. The van der Waals surface area contributed by atoms with Gasteiger partial charge in [-0.3, -0.25) is 9.59 Å². The molecule has 0 radical (unpaired) electrons. The molecule has 1 rings (SSSR count). The average molecular weight is 657 g/mol. The van der Waals surface area contributed by atoms with Crippen LogP contribution < -0.4 is 20.8 Å². The van der Waals surface area contributed by atoms with Crippen molar-refractivity contribution in [1.29, 1.82) is 0 Å². The third kappa shape index (κ3) is 16.6. The van der Waals surface area contributed by atoms with Crippen molar-refractivity contribution >= 4 is 61.5 Å². The van der Waals surface area contributed by atoms with E-state index < -0.39 is 83.4 Å². The molecule has 2 unspecified atom stereocenters. The second-order valence-electron chi connectivity index (χ2n) is 10.9. The van der Waals surface area contributed by atoms with E-state index in [1.807, 2.05) is 0 Å². The maximum atomic E-state index is 11.2. The van der Waals surface area contributed by atoms with Crippen molar-refractivity contribution in [2.24, 2.45) is 10.8 Å². The third-order valence-corrected chi connectivity index (χ3v) is 6.15. The fourth-order valence-electron chi connectivity index (χ4n) is 2.86. The molecule has 12 N–H and O–H groups in total. The minimum absolute atomic E-state index is 0. The Morgan fingerprint density at radius 2 is 0.814 bits per heavy atom. The summed E-state index contributed by atoms with van der Waals surface area (Å²) in [4.78, 5) is 42.6. The molecule has 1 aliphatic rings. The van der Waals surface area contributed by atoms with Crippen LogP contribution in [-0.2, 0) is 19.2 Å². The summed E-state index contributed by atoms with van der Waals surface area (Å²) >= 11 is 0. The molecule has 19 heteroatoms. The number of aliphatic hydroxyl groups is 10. The van der Waals surface area contributed by atoms with Crippen molar-refractivity contribution in [3.05, 3.63) is 0 Å². The second kappa shape index (κ2) is 21.5. The van der Waals surface area contributed by atoms with Crippen LogP contribution in [0.25, 0.3) is 0 Å². The summed E-state index contributed by atoms with van der Waals surface area (Å²) in [5.74, 6) is -3.94. The van der Waals surface area contributed by atoms with Crippen LogP contribution in [0.15, 0.2) is 0 Å². The molecule has 18 nitrogen and oxygen atoms in total. The molecule has 0 aliphatic heterocycles.